The fourth-order valence-corrected chi connectivity index (χ4v) is 2.35. The predicted molar refractivity (Wildman–Crippen MR) is 76.3 cm³/mol. The summed E-state index contributed by atoms with van der Waals surface area (Å²) in [6, 6.07) is 4.84. The Kier molecular flexibility index (Phi) is 4.32. The smallest absolute Gasteiger partial charge is 0.337 e. The fourth-order valence-electron chi connectivity index (χ4n) is 2.15. The molecule has 5 heteroatoms. The number of rotatable bonds is 4. The van der Waals surface area contributed by atoms with Crippen molar-refractivity contribution in [3.8, 4) is 0 Å². The quantitative estimate of drug-likeness (QED) is 0.737. The van der Waals surface area contributed by atoms with Crippen LogP contribution in [0.15, 0.2) is 30.0 Å². The van der Waals surface area contributed by atoms with Gasteiger partial charge in [-0.2, -0.15) is 0 Å². The van der Waals surface area contributed by atoms with Gasteiger partial charge in [0.05, 0.1) is 16.3 Å². The van der Waals surface area contributed by atoms with Crippen LogP contribution in [0.2, 0.25) is 5.02 Å². The van der Waals surface area contributed by atoms with Crippen molar-refractivity contribution in [2.45, 2.75) is 26.2 Å². The molecule has 4 nitrogen and oxygen atoms in total. The Labute approximate surface area is 117 Å². The van der Waals surface area contributed by atoms with Crippen LogP contribution in [0.25, 0.3) is 0 Å². The van der Waals surface area contributed by atoms with Gasteiger partial charge in [0.15, 0.2) is 0 Å². The normalized spacial score (nSPS) is 18.6. The zero-order chi connectivity index (χ0) is 13.8. The molecule has 0 unspecified atom stereocenters. The predicted octanol–water partition coefficient (Wildman–Crippen LogP) is 3.66. The number of allylic oxidation sites excluding steroid dienone is 2. The number of aromatic carboxylic acids is 1. The molecule has 0 radical (unpaired) electrons. The topological polar surface area (TPSA) is 61.4 Å². The number of hydrogen-bond acceptors (Lipinski definition) is 3. The van der Waals surface area contributed by atoms with Gasteiger partial charge in [-0.05, 0) is 43.4 Å². The zero-order valence-electron chi connectivity index (χ0n) is 10.7. The van der Waals surface area contributed by atoms with Crippen LogP contribution >= 0.6 is 11.6 Å². The molecule has 0 bridgehead atoms. The summed E-state index contributed by atoms with van der Waals surface area (Å²) in [5.74, 6) is -0.447. The lowest BCUT2D eigenvalue weighted by Crippen LogP contribution is -2.23. The van der Waals surface area contributed by atoms with E-state index in [2.05, 4.69) is 23.9 Å². The third-order valence-corrected chi connectivity index (χ3v) is 3.49. The average molecular weight is 281 g/mol. The van der Waals surface area contributed by atoms with Crippen LogP contribution < -0.4 is 10.9 Å². The Morgan fingerprint density at radius 2 is 2.21 bits per heavy atom. The number of carboxylic acids is 1. The first kappa shape index (κ1) is 13.7. The van der Waals surface area contributed by atoms with Crippen LogP contribution in [-0.2, 0) is 0 Å². The van der Waals surface area contributed by atoms with Gasteiger partial charge in [-0.1, -0.05) is 24.6 Å². The highest BCUT2D eigenvalue weighted by Gasteiger charge is 2.11. The van der Waals surface area contributed by atoms with Gasteiger partial charge in [-0.3, -0.25) is 0 Å². The largest absolute Gasteiger partial charge is 0.478 e. The molecule has 1 aliphatic rings. The molecule has 1 aromatic rings. The van der Waals surface area contributed by atoms with E-state index >= 15 is 0 Å². The number of hydrogen-bond donors (Lipinski definition) is 3. The van der Waals surface area contributed by atoms with Gasteiger partial charge in [-0.25, -0.2) is 4.79 Å². The van der Waals surface area contributed by atoms with Crippen molar-refractivity contribution in [2.75, 3.05) is 5.43 Å². The highest BCUT2D eigenvalue weighted by atomic mass is 35.5. The summed E-state index contributed by atoms with van der Waals surface area (Å²) >= 11 is 5.82. The van der Waals surface area contributed by atoms with E-state index in [0.29, 0.717) is 11.6 Å². The number of anilines is 1. The Morgan fingerprint density at radius 1 is 1.42 bits per heavy atom. The Balaban J connectivity index is 2.04. The third kappa shape index (κ3) is 3.64. The average Bonchev–Trinajstić information content (AvgIpc) is 2.37. The Morgan fingerprint density at radius 3 is 2.89 bits per heavy atom. The van der Waals surface area contributed by atoms with Crippen molar-refractivity contribution in [3.63, 3.8) is 0 Å². The lowest BCUT2D eigenvalue weighted by molar-refractivity contribution is 0.0697. The Hall–Kier alpha value is -1.68. The number of nitrogens with one attached hydrogen (secondary N) is 2. The van der Waals surface area contributed by atoms with Crippen molar-refractivity contribution in [1.29, 1.82) is 0 Å². The van der Waals surface area contributed by atoms with E-state index in [-0.39, 0.29) is 10.6 Å². The van der Waals surface area contributed by atoms with Crippen LogP contribution in [0.3, 0.4) is 0 Å². The van der Waals surface area contributed by atoms with Gasteiger partial charge in [0.1, 0.15) is 0 Å². The summed E-state index contributed by atoms with van der Waals surface area (Å²) in [7, 11) is 0. The SMILES string of the molecule is C[C@@H]1C=C(NNc2ccc(Cl)c(C(=O)O)c2)CCC1. The first-order valence-corrected chi connectivity index (χ1v) is 6.69. The summed E-state index contributed by atoms with van der Waals surface area (Å²) in [4.78, 5) is 11.0. The molecular formula is C14H17ClN2O2. The van der Waals surface area contributed by atoms with E-state index in [1.165, 1.54) is 18.9 Å². The lowest BCUT2D eigenvalue weighted by Gasteiger charge is -2.20. The van der Waals surface area contributed by atoms with Gasteiger partial charge in [0.25, 0.3) is 0 Å². The maximum atomic E-state index is 11.0. The molecule has 0 saturated heterocycles. The minimum absolute atomic E-state index is 0.0967. The second-order valence-corrected chi connectivity index (χ2v) is 5.22. The number of carboxylic acid groups (broad SMARTS) is 1. The molecule has 0 fully saturated rings. The van der Waals surface area contributed by atoms with Crippen LogP contribution in [0.4, 0.5) is 5.69 Å². The molecule has 0 heterocycles. The summed E-state index contributed by atoms with van der Waals surface area (Å²) in [5, 5.41) is 9.24. The van der Waals surface area contributed by atoms with Crippen molar-refractivity contribution >= 4 is 23.3 Å². The summed E-state index contributed by atoms with van der Waals surface area (Å²) in [6.07, 6.45) is 5.60. The van der Waals surface area contributed by atoms with E-state index in [4.69, 9.17) is 16.7 Å². The highest BCUT2D eigenvalue weighted by molar-refractivity contribution is 6.33. The molecule has 1 aliphatic carbocycles. The molecule has 3 N–H and O–H groups in total. The number of hydrazine groups is 1. The molecule has 0 aromatic heterocycles. The van der Waals surface area contributed by atoms with Crippen LogP contribution in [0.1, 0.15) is 36.5 Å². The lowest BCUT2D eigenvalue weighted by atomic mass is 9.96. The minimum atomic E-state index is -1.03. The first-order valence-electron chi connectivity index (χ1n) is 6.32. The molecular weight excluding hydrogens is 264 g/mol. The van der Waals surface area contributed by atoms with E-state index in [9.17, 15) is 4.79 Å². The monoisotopic (exact) mass is 280 g/mol. The van der Waals surface area contributed by atoms with Crippen LogP contribution in [0, 0.1) is 5.92 Å². The molecule has 19 heavy (non-hydrogen) atoms. The summed E-state index contributed by atoms with van der Waals surface area (Å²) in [5.41, 5.74) is 8.07. The van der Waals surface area contributed by atoms with Crippen molar-refractivity contribution in [3.05, 3.63) is 40.6 Å². The molecule has 0 spiro atoms. The number of benzene rings is 1. The minimum Gasteiger partial charge on any atom is -0.478 e. The van der Waals surface area contributed by atoms with Crippen molar-refractivity contribution < 1.29 is 9.90 Å². The number of carbonyl (C=O) groups is 1. The molecule has 1 atom stereocenters. The van der Waals surface area contributed by atoms with Gasteiger partial charge in [-0.15, -0.1) is 0 Å². The fraction of sp³-hybridized carbons (Fsp3) is 0.357. The molecule has 0 saturated carbocycles. The summed E-state index contributed by atoms with van der Waals surface area (Å²) < 4.78 is 0. The van der Waals surface area contributed by atoms with E-state index in [0.717, 1.165) is 12.1 Å². The number of halogens is 1. The molecule has 2 rings (SSSR count). The van der Waals surface area contributed by atoms with Gasteiger partial charge >= 0.3 is 5.97 Å². The van der Waals surface area contributed by atoms with E-state index < -0.39 is 5.97 Å². The second-order valence-electron chi connectivity index (χ2n) is 4.81. The van der Waals surface area contributed by atoms with Crippen molar-refractivity contribution in [1.82, 2.24) is 5.43 Å². The maximum absolute atomic E-state index is 11.0. The van der Waals surface area contributed by atoms with E-state index in [1.54, 1.807) is 12.1 Å². The van der Waals surface area contributed by atoms with E-state index in [1.807, 2.05) is 0 Å². The standard InChI is InChI=1S/C14H17ClN2O2/c1-9-3-2-4-10(7-9)16-17-11-5-6-13(15)12(8-11)14(18)19/h5-9,16-17H,2-4H2,1H3,(H,18,19)/t9-/m0/s1. The van der Waals surface area contributed by atoms with Crippen LogP contribution in [-0.4, -0.2) is 11.1 Å². The molecule has 0 aliphatic heterocycles. The second kappa shape index (κ2) is 5.97. The molecule has 0 amide bonds. The zero-order valence-corrected chi connectivity index (χ0v) is 11.5. The molecule has 102 valence electrons. The Bertz CT molecular complexity index is 514. The van der Waals surface area contributed by atoms with Gasteiger partial charge < -0.3 is 16.0 Å². The third-order valence-electron chi connectivity index (χ3n) is 3.16. The maximum Gasteiger partial charge on any atom is 0.337 e. The van der Waals surface area contributed by atoms with Crippen molar-refractivity contribution in [2.24, 2.45) is 5.92 Å². The summed E-state index contributed by atoms with van der Waals surface area (Å²) in [6.45, 7) is 2.19. The van der Waals surface area contributed by atoms with Gasteiger partial charge in [0, 0.05) is 5.70 Å². The van der Waals surface area contributed by atoms with Gasteiger partial charge in [0.2, 0.25) is 0 Å². The van der Waals surface area contributed by atoms with Crippen LogP contribution in [0.5, 0.6) is 0 Å². The highest BCUT2D eigenvalue weighted by Crippen LogP contribution is 2.22. The molecule has 1 aromatic carbocycles. The first-order chi connectivity index (χ1) is 9.06.